The normalized spacial score (nSPS) is 24.6. The van der Waals surface area contributed by atoms with E-state index in [9.17, 15) is 9.59 Å². The lowest BCUT2D eigenvalue weighted by atomic mass is 9.93. The van der Waals surface area contributed by atoms with Crippen LogP contribution in [-0.4, -0.2) is 69.8 Å². The Balaban J connectivity index is 1.28. The van der Waals surface area contributed by atoms with Crippen LogP contribution >= 0.6 is 0 Å². The summed E-state index contributed by atoms with van der Waals surface area (Å²) in [7, 11) is 0. The van der Waals surface area contributed by atoms with Crippen LogP contribution in [0, 0.1) is 12.8 Å². The number of nitrogens with one attached hydrogen (secondary N) is 1. The van der Waals surface area contributed by atoms with Crippen LogP contribution < -0.4 is 5.32 Å². The van der Waals surface area contributed by atoms with E-state index in [2.05, 4.69) is 20.2 Å². The molecule has 2 amide bonds. The van der Waals surface area contributed by atoms with Gasteiger partial charge in [0.25, 0.3) is 5.91 Å². The number of nitrogens with zero attached hydrogens (tertiary/aromatic N) is 4. The molecule has 3 fully saturated rings. The standard InChI is InChI=1S/C20H29N5O2/c1-14-21-11-16(12-22-14)20(27)24-9-6-18(7-10-24)25-8-2-3-15(13-25)19(26)23-17-4-5-17/h11-12,15,17-18H,2-10,13H2,1H3,(H,23,26)/t15-/m1/s1. The predicted molar refractivity (Wildman–Crippen MR) is 101 cm³/mol. The van der Waals surface area contributed by atoms with Gasteiger partial charge in [0.1, 0.15) is 5.82 Å². The highest BCUT2D eigenvalue weighted by Crippen LogP contribution is 2.26. The summed E-state index contributed by atoms with van der Waals surface area (Å²) in [5.74, 6) is 1.07. The molecule has 0 aromatic carbocycles. The Morgan fingerprint density at radius 2 is 1.74 bits per heavy atom. The van der Waals surface area contributed by atoms with Gasteiger partial charge in [0.15, 0.2) is 0 Å². The molecule has 1 N–H and O–H groups in total. The zero-order chi connectivity index (χ0) is 18.8. The van der Waals surface area contributed by atoms with Crippen LogP contribution in [0.15, 0.2) is 12.4 Å². The SMILES string of the molecule is Cc1ncc(C(=O)N2CCC(N3CCC[C@@H](C(=O)NC4CC4)C3)CC2)cn1. The topological polar surface area (TPSA) is 78.4 Å². The number of aryl methyl sites for hydroxylation is 1. The fourth-order valence-electron chi connectivity index (χ4n) is 4.22. The fourth-order valence-corrected chi connectivity index (χ4v) is 4.22. The summed E-state index contributed by atoms with van der Waals surface area (Å²) in [6.45, 7) is 5.26. The number of aromatic nitrogens is 2. The van der Waals surface area contributed by atoms with E-state index in [1.165, 1.54) is 0 Å². The first-order valence-electron chi connectivity index (χ1n) is 10.2. The second kappa shape index (κ2) is 7.92. The summed E-state index contributed by atoms with van der Waals surface area (Å²) in [4.78, 5) is 37.7. The molecule has 2 saturated heterocycles. The van der Waals surface area contributed by atoms with Crippen LogP contribution in [0.1, 0.15) is 54.7 Å². The second-order valence-corrected chi connectivity index (χ2v) is 8.16. The molecule has 4 rings (SSSR count). The first-order valence-corrected chi connectivity index (χ1v) is 10.2. The molecule has 1 aromatic rings. The minimum atomic E-state index is 0.0220. The Morgan fingerprint density at radius 3 is 2.41 bits per heavy atom. The number of carbonyl (C=O) groups excluding carboxylic acids is 2. The molecular weight excluding hydrogens is 342 g/mol. The number of likely N-dealkylation sites (tertiary alicyclic amines) is 2. The molecule has 27 heavy (non-hydrogen) atoms. The zero-order valence-electron chi connectivity index (χ0n) is 16.1. The predicted octanol–water partition coefficient (Wildman–Crippen LogP) is 1.38. The first kappa shape index (κ1) is 18.3. The van der Waals surface area contributed by atoms with Crippen LogP contribution in [0.3, 0.4) is 0 Å². The van der Waals surface area contributed by atoms with Gasteiger partial charge < -0.3 is 10.2 Å². The largest absolute Gasteiger partial charge is 0.353 e. The first-order chi connectivity index (χ1) is 13.1. The van der Waals surface area contributed by atoms with E-state index < -0.39 is 0 Å². The highest BCUT2D eigenvalue weighted by atomic mass is 16.2. The molecule has 0 bridgehead atoms. The van der Waals surface area contributed by atoms with Crippen molar-refractivity contribution in [2.24, 2.45) is 5.92 Å². The van der Waals surface area contributed by atoms with Gasteiger partial charge in [-0.15, -0.1) is 0 Å². The van der Waals surface area contributed by atoms with E-state index in [0.29, 0.717) is 23.5 Å². The number of rotatable bonds is 4. The second-order valence-electron chi connectivity index (χ2n) is 8.16. The van der Waals surface area contributed by atoms with Crippen LogP contribution in [0.25, 0.3) is 0 Å². The van der Waals surface area contributed by atoms with Gasteiger partial charge in [-0.05, 0) is 52.0 Å². The highest BCUT2D eigenvalue weighted by Gasteiger charge is 2.34. The summed E-state index contributed by atoms with van der Waals surface area (Å²) < 4.78 is 0. The monoisotopic (exact) mass is 371 g/mol. The molecule has 1 atom stereocenters. The third-order valence-corrected chi connectivity index (χ3v) is 6.04. The number of piperidine rings is 2. The molecule has 0 spiro atoms. The molecule has 146 valence electrons. The van der Waals surface area contributed by atoms with Crippen LogP contribution in [0.2, 0.25) is 0 Å². The quantitative estimate of drug-likeness (QED) is 0.865. The molecular formula is C20H29N5O2. The van der Waals surface area contributed by atoms with Crippen molar-refractivity contribution in [2.75, 3.05) is 26.2 Å². The molecule has 3 heterocycles. The molecule has 0 radical (unpaired) electrons. The van der Waals surface area contributed by atoms with Crippen LogP contribution in [0.4, 0.5) is 0 Å². The van der Waals surface area contributed by atoms with E-state index in [0.717, 1.165) is 64.7 Å². The smallest absolute Gasteiger partial charge is 0.256 e. The average Bonchev–Trinajstić information content (AvgIpc) is 3.52. The van der Waals surface area contributed by atoms with Gasteiger partial charge in [0.05, 0.1) is 11.5 Å². The number of amides is 2. The number of hydrogen-bond donors (Lipinski definition) is 1. The van der Waals surface area contributed by atoms with Crippen LogP contribution in [0.5, 0.6) is 0 Å². The number of hydrogen-bond acceptors (Lipinski definition) is 5. The zero-order valence-corrected chi connectivity index (χ0v) is 16.1. The average molecular weight is 371 g/mol. The van der Waals surface area contributed by atoms with E-state index in [1.54, 1.807) is 12.4 Å². The van der Waals surface area contributed by atoms with Crippen molar-refractivity contribution < 1.29 is 9.59 Å². The Kier molecular flexibility index (Phi) is 5.38. The minimum Gasteiger partial charge on any atom is -0.353 e. The van der Waals surface area contributed by atoms with Gasteiger partial charge in [0.2, 0.25) is 5.91 Å². The van der Waals surface area contributed by atoms with Gasteiger partial charge in [-0.2, -0.15) is 0 Å². The van der Waals surface area contributed by atoms with Crippen molar-refractivity contribution >= 4 is 11.8 Å². The van der Waals surface area contributed by atoms with E-state index >= 15 is 0 Å². The summed E-state index contributed by atoms with van der Waals surface area (Å²) in [5, 5.41) is 3.16. The lowest BCUT2D eigenvalue weighted by molar-refractivity contribution is -0.127. The van der Waals surface area contributed by atoms with Gasteiger partial charge in [-0.1, -0.05) is 0 Å². The highest BCUT2D eigenvalue weighted by molar-refractivity contribution is 5.93. The van der Waals surface area contributed by atoms with Crippen molar-refractivity contribution in [3.63, 3.8) is 0 Å². The maximum Gasteiger partial charge on any atom is 0.256 e. The van der Waals surface area contributed by atoms with Crippen molar-refractivity contribution in [3.8, 4) is 0 Å². The van der Waals surface area contributed by atoms with Crippen LogP contribution in [-0.2, 0) is 4.79 Å². The molecule has 2 aliphatic heterocycles. The van der Waals surface area contributed by atoms with Crippen molar-refractivity contribution in [2.45, 2.75) is 57.5 Å². The van der Waals surface area contributed by atoms with Gasteiger partial charge in [0, 0.05) is 44.1 Å². The Bertz CT molecular complexity index is 680. The fraction of sp³-hybridized carbons (Fsp3) is 0.700. The third kappa shape index (κ3) is 4.46. The summed E-state index contributed by atoms with van der Waals surface area (Å²) >= 11 is 0. The maximum atomic E-state index is 12.6. The Labute approximate surface area is 160 Å². The summed E-state index contributed by atoms with van der Waals surface area (Å²) in [5.41, 5.74) is 0.564. The van der Waals surface area contributed by atoms with Gasteiger partial charge in [-0.3, -0.25) is 14.5 Å². The Hall–Kier alpha value is -2.02. The molecule has 3 aliphatic rings. The Morgan fingerprint density at radius 1 is 1.04 bits per heavy atom. The lowest BCUT2D eigenvalue weighted by Crippen LogP contribution is -2.51. The van der Waals surface area contributed by atoms with Crippen molar-refractivity contribution in [1.82, 2.24) is 25.1 Å². The molecule has 1 saturated carbocycles. The molecule has 0 unspecified atom stereocenters. The lowest BCUT2D eigenvalue weighted by Gasteiger charge is -2.42. The summed E-state index contributed by atoms with van der Waals surface area (Å²) in [6, 6.07) is 0.910. The third-order valence-electron chi connectivity index (χ3n) is 6.04. The van der Waals surface area contributed by atoms with E-state index in [4.69, 9.17) is 0 Å². The van der Waals surface area contributed by atoms with E-state index in [1.807, 2.05) is 11.8 Å². The van der Waals surface area contributed by atoms with Crippen molar-refractivity contribution in [3.05, 3.63) is 23.8 Å². The summed E-state index contributed by atoms with van der Waals surface area (Å²) in [6.07, 6.45) is 9.53. The maximum absolute atomic E-state index is 12.6. The minimum absolute atomic E-state index is 0.0220. The van der Waals surface area contributed by atoms with Gasteiger partial charge >= 0.3 is 0 Å². The molecule has 1 aliphatic carbocycles. The molecule has 7 nitrogen and oxygen atoms in total. The molecule has 1 aromatic heterocycles. The van der Waals surface area contributed by atoms with Gasteiger partial charge in [-0.25, -0.2) is 9.97 Å². The van der Waals surface area contributed by atoms with E-state index in [-0.39, 0.29) is 17.7 Å². The number of carbonyl (C=O) groups is 2. The molecule has 7 heteroatoms. The van der Waals surface area contributed by atoms with Crippen molar-refractivity contribution in [1.29, 1.82) is 0 Å².